The second-order valence-electron chi connectivity index (χ2n) is 8.19. The summed E-state index contributed by atoms with van der Waals surface area (Å²) in [6.45, 7) is 5.48. The fourth-order valence-electron chi connectivity index (χ4n) is 3.28. The Balaban J connectivity index is 2.08. The first kappa shape index (κ1) is 22.7. The van der Waals surface area contributed by atoms with E-state index in [0.29, 0.717) is 6.07 Å². The van der Waals surface area contributed by atoms with Gasteiger partial charge in [0.2, 0.25) is 0 Å². The third kappa shape index (κ3) is 3.78. The van der Waals surface area contributed by atoms with Crippen LogP contribution in [0.2, 0.25) is 0 Å². The first-order valence-corrected chi connectivity index (χ1v) is 10.9. The van der Waals surface area contributed by atoms with E-state index in [9.17, 15) is 22.0 Å². The topological polar surface area (TPSA) is 112 Å². The third-order valence-corrected chi connectivity index (χ3v) is 8.08. The molecule has 1 saturated heterocycles. The predicted octanol–water partition coefficient (Wildman–Crippen LogP) is 3.05. The van der Waals surface area contributed by atoms with Gasteiger partial charge in [0.25, 0.3) is 5.91 Å². The van der Waals surface area contributed by atoms with Gasteiger partial charge in [-0.2, -0.15) is 0 Å². The Kier molecular flexibility index (Phi) is 5.37. The monoisotopic (exact) mass is 454 g/mol. The van der Waals surface area contributed by atoms with Gasteiger partial charge in [-0.1, -0.05) is 6.07 Å². The van der Waals surface area contributed by atoms with E-state index in [0.717, 1.165) is 12.5 Å². The van der Waals surface area contributed by atoms with Crippen LogP contribution in [0, 0.1) is 29.8 Å². The summed E-state index contributed by atoms with van der Waals surface area (Å²) < 4.78 is 68.1. The minimum absolute atomic E-state index is 0.0793. The summed E-state index contributed by atoms with van der Waals surface area (Å²) in [5, 5.41) is 12.7. The zero-order valence-corrected chi connectivity index (χ0v) is 18.0. The van der Waals surface area contributed by atoms with Crippen LogP contribution in [0.1, 0.15) is 42.4 Å². The van der Waals surface area contributed by atoms with Crippen LogP contribution in [0.15, 0.2) is 24.4 Å². The number of carbonyl (C=O) groups excluding carboxylic acids is 1. The molecule has 1 aromatic heterocycles. The number of nitrogens with one attached hydrogen (secondary N) is 3. The lowest BCUT2D eigenvalue weighted by Crippen LogP contribution is -2.64. The number of carbonyl (C=O) groups is 1. The van der Waals surface area contributed by atoms with E-state index in [1.54, 1.807) is 13.0 Å². The molecular formula is C20H21F3N4O3S. The lowest BCUT2D eigenvalue weighted by molar-refractivity contribution is 0.102. The highest BCUT2D eigenvalue weighted by atomic mass is 32.2. The standard InChI is InChI=1S/C20H21F3N4O3S/c1-10-5-6-12(25-8-10)17(28)26-13-7-11(21)15(22)14(16(13)23)20(4)9-31(29,30)19(2,3)18(24)27-20/h5-8H,9H2,1-4H3,(H2,24,27)(H,26,28)/t20-/m0/s1. The van der Waals surface area contributed by atoms with Crippen molar-refractivity contribution in [2.45, 2.75) is 38.0 Å². The normalized spacial score (nSPS) is 22.0. The lowest BCUT2D eigenvalue weighted by atomic mass is 9.90. The molecular weight excluding hydrogens is 433 g/mol. The van der Waals surface area contributed by atoms with Gasteiger partial charge in [0.1, 0.15) is 16.3 Å². The van der Waals surface area contributed by atoms with Crippen molar-refractivity contribution < 1.29 is 26.4 Å². The SMILES string of the molecule is Cc1ccc(C(=O)Nc2cc(F)c(F)c([C@]3(C)CS(=O)(=O)C(C)(C)C(=N)N3)c2F)nc1. The molecule has 0 spiro atoms. The fraction of sp³-hybridized carbons (Fsp3) is 0.350. The van der Waals surface area contributed by atoms with Crippen LogP contribution in [0.3, 0.4) is 0 Å². The van der Waals surface area contributed by atoms with Crippen LogP contribution in [0.25, 0.3) is 0 Å². The molecule has 1 aliphatic heterocycles. The summed E-state index contributed by atoms with van der Waals surface area (Å²) in [6.07, 6.45) is 1.41. The molecule has 1 aliphatic rings. The van der Waals surface area contributed by atoms with Crippen LogP contribution in [-0.4, -0.2) is 35.6 Å². The van der Waals surface area contributed by atoms with Crippen molar-refractivity contribution in [2.24, 2.45) is 0 Å². The van der Waals surface area contributed by atoms with Crippen molar-refractivity contribution >= 4 is 27.3 Å². The van der Waals surface area contributed by atoms with Gasteiger partial charge in [0.05, 0.1) is 22.5 Å². The molecule has 7 nitrogen and oxygen atoms in total. The summed E-state index contributed by atoms with van der Waals surface area (Å²) >= 11 is 0. The number of benzene rings is 1. The summed E-state index contributed by atoms with van der Waals surface area (Å²) in [4.78, 5) is 16.3. The molecule has 166 valence electrons. The van der Waals surface area contributed by atoms with Crippen LogP contribution >= 0.6 is 0 Å². The Labute approximate surface area is 177 Å². The molecule has 1 atom stereocenters. The Bertz CT molecular complexity index is 1200. The Morgan fingerprint density at radius 1 is 1.19 bits per heavy atom. The minimum atomic E-state index is -4.04. The van der Waals surface area contributed by atoms with Gasteiger partial charge in [-0.25, -0.2) is 21.6 Å². The molecule has 3 N–H and O–H groups in total. The Morgan fingerprint density at radius 2 is 1.84 bits per heavy atom. The minimum Gasteiger partial charge on any atom is -0.362 e. The van der Waals surface area contributed by atoms with Gasteiger partial charge in [0, 0.05) is 12.3 Å². The Morgan fingerprint density at radius 3 is 2.39 bits per heavy atom. The predicted molar refractivity (Wildman–Crippen MR) is 109 cm³/mol. The zero-order chi connectivity index (χ0) is 23.4. The molecule has 1 fully saturated rings. The van der Waals surface area contributed by atoms with E-state index < -0.39 is 66.3 Å². The average Bonchev–Trinajstić information content (AvgIpc) is 2.64. The number of sulfone groups is 1. The van der Waals surface area contributed by atoms with Gasteiger partial charge in [0.15, 0.2) is 27.3 Å². The van der Waals surface area contributed by atoms with Crippen LogP contribution in [0.5, 0.6) is 0 Å². The number of hydrogen-bond acceptors (Lipinski definition) is 5. The molecule has 0 saturated carbocycles. The number of rotatable bonds is 3. The highest BCUT2D eigenvalue weighted by molar-refractivity contribution is 7.93. The number of amidine groups is 1. The van der Waals surface area contributed by atoms with Crippen molar-refractivity contribution in [3.63, 3.8) is 0 Å². The van der Waals surface area contributed by atoms with Crippen LogP contribution < -0.4 is 10.6 Å². The molecule has 31 heavy (non-hydrogen) atoms. The van der Waals surface area contributed by atoms with Crippen LogP contribution in [0.4, 0.5) is 18.9 Å². The molecule has 2 aromatic rings. The number of anilines is 1. The average molecular weight is 454 g/mol. The molecule has 11 heteroatoms. The Hall–Kier alpha value is -2.95. The van der Waals surface area contributed by atoms with Gasteiger partial charge in [-0.3, -0.25) is 15.2 Å². The molecule has 0 radical (unpaired) electrons. The molecule has 3 rings (SSSR count). The number of aryl methyl sites for hydroxylation is 1. The van der Waals surface area contributed by atoms with Crippen molar-refractivity contribution in [1.29, 1.82) is 5.41 Å². The number of aromatic nitrogens is 1. The van der Waals surface area contributed by atoms with Crippen molar-refractivity contribution in [3.05, 3.63) is 58.7 Å². The first-order chi connectivity index (χ1) is 14.2. The van der Waals surface area contributed by atoms with E-state index in [1.807, 2.05) is 0 Å². The summed E-state index contributed by atoms with van der Waals surface area (Å²) in [6, 6.07) is 3.44. The van der Waals surface area contributed by atoms with Gasteiger partial charge < -0.3 is 10.6 Å². The number of pyridine rings is 1. The van der Waals surface area contributed by atoms with E-state index >= 15 is 4.39 Å². The van der Waals surface area contributed by atoms with Gasteiger partial charge in [-0.15, -0.1) is 0 Å². The van der Waals surface area contributed by atoms with E-state index in [4.69, 9.17) is 5.41 Å². The maximum Gasteiger partial charge on any atom is 0.274 e. The summed E-state index contributed by atoms with van der Waals surface area (Å²) in [5.74, 6) is -6.59. The molecule has 0 unspecified atom stereocenters. The van der Waals surface area contributed by atoms with E-state index in [-0.39, 0.29) is 5.69 Å². The second-order valence-corrected chi connectivity index (χ2v) is 10.7. The number of hydrogen-bond donors (Lipinski definition) is 3. The molecule has 1 amide bonds. The molecule has 2 heterocycles. The fourth-order valence-corrected chi connectivity index (χ4v) is 4.98. The molecule has 0 bridgehead atoms. The molecule has 0 aliphatic carbocycles. The number of halogens is 3. The van der Waals surface area contributed by atoms with Crippen molar-refractivity contribution in [2.75, 3.05) is 11.1 Å². The number of amides is 1. The largest absolute Gasteiger partial charge is 0.362 e. The maximum atomic E-state index is 15.3. The van der Waals surface area contributed by atoms with Crippen molar-refractivity contribution in [3.8, 4) is 0 Å². The zero-order valence-electron chi connectivity index (χ0n) is 17.2. The highest BCUT2D eigenvalue weighted by Gasteiger charge is 2.52. The highest BCUT2D eigenvalue weighted by Crippen LogP contribution is 2.38. The van der Waals surface area contributed by atoms with Gasteiger partial charge in [-0.05, 0) is 39.3 Å². The third-order valence-electron chi connectivity index (χ3n) is 5.36. The lowest BCUT2D eigenvalue weighted by Gasteiger charge is -2.43. The van der Waals surface area contributed by atoms with E-state index in [1.165, 1.54) is 26.1 Å². The van der Waals surface area contributed by atoms with Crippen molar-refractivity contribution in [1.82, 2.24) is 10.3 Å². The van der Waals surface area contributed by atoms with Gasteiger partial charge >= 0.3 is 0 Å². The maximum absolute atomic E-state index is 15.3. The molecule has 1 aromatic carbocycles. The first-order valence-electron chi connectivity index (χ1n) is 9.21. The van der Waals surface area contributed by atoms with E-state index in [2.05, 4.69) is 15.6 Å². The second kappa shape index (κ2) is 7.33. The van der Waals surface area contributed by atoms with Crippen LogP contribution in [-0.2, 0) is 15.4 Å². The number of nitrogens with zero attached hydrogens (tertiary/aromatic N) is 1. The summed E-state index contributed by atoms with van der Waals surface area (Å²) in [5.41, 5.74) is -2.89. The summed E-state index contributed by atoms with van der Waals surface area (Å²) in [7, 11) is -4.04. The smallest absolute Gasteiger partial charge is 0.274 e. The quantitative estimate of drug-likeness (QED) is 0.617.